The van der Waals surface area contributed by atoms with Crippen molar-refractivity contribution >= 4 is 29.1 Å². The van der Waals surface area contributed by atoms with Gasteiger partial charge in [-0.1, -0.05) is 49.7 Å². The molecule has 0 unspecified atom stereocenters. The second kappa shape index (κ2) is 9.08. The van der Waals surface area contributed by atoms with Crippen LogP contribution in [0, 0.1) is 5.92 Å². The van der Waals surface area contributed by atoms with Crippen LogP contribution in [0.1, 0.15) is 19.4 Å². The van der Waals surface area contributed by atoms with Crippen molar-refractivity contribution < 1.29 is 14.3 Å². The summed E-state index contributed by atoms with van der Waals surface area (Å²) in [5, 5.41) is 6.06. The maximum atomic E-state index is 11.9. The Morgan fingerprint density at radius 1 is 1.08 bits per heavy atom. The van der Waals surface area contributed by atoms with Crippen molar-refractivity contribution in [2.45, 2.75) is 20.4 Å². The second-order valence-corrected chi connectivity index (χ2v) is 6.24. The Morgan fingerprint density at radius 3 is 2.40 bits per heavy atom. The third-order valence-corrected chi connectivity index (χ3v) is 3.74. The summed E-state index contributed by atoms with van der Waals surface area (Å²) < 4.78 is 5.38. The quantitative estimate of drug-likeness (QED) is 0.792. The van der Waals surface area contributed by atoms with Crippen molar-refractivity contribution in [3.8, 4) is 5.75 Å². The molecule has 0 bridgehead atoms. The Bertz CT molecular complexity index is 730. The van der Waals surface area contributed by atoms with Gasteiger partial charge in [-0.15, -0.1) is 0 Å². The molecule has 0 aliphatic rings. The normalized spacial score (nSPS) is 10.4. The molecule has 132 valence electrons. The van der Waals surface area contributed by atoms with E-state index in [4.69, 9.17) is 16.3 Å². The lowest BCUT2D eigenvalue weighted by Gasteiger charge is -2.10. The smallest absolute Gasteiger partial charge is 0.258 e. The van der Waals surface area contributed by atoms with Crippen molar-refractivity contribution in [2.75, 3.05) is 11.9 Å². The van der Waals surface area contributed by atoms with Gasteiger partial charge in [0, 0.05) is 18.2 Å². The van der Waals surface area contributed by atoms with Gasteiger partial charge in [0.05, 0.1) is 5.02 Å². The van der Waals surface area contributed by atoms with E-state index in [-0.39, 0.29) is 24.3 Å². The summed E-state index contributed by atoms with van der Waals surface area (Å²) in [4.78, 5) is 23.5. The number of carbonyl (C=O) groups excluding carboxylic acids is 2. The number of halogens is 1. The number of amides is 2. The van der Waals surface area contributed by atoms with Crippen LogP contribution in [0.3, 0.4) is 0 Å². The van der Waals surface area contributed by atoms with E-state index in [1.165, 1.54) is 0 Å². The van der Waals surface area contributed by atoms with E-state index in [1.54, 1.807) is 24.3 Å². The summed E-state index contributed by atoms with van der Waals surface area (Å²) in [6, 6.07) is 14.3. The first-order chi connectivity index (χ1) is 12.0. The fourth-order valence-electron chi connectivity index (χ4n) is 1.95. The van der Waals surface area contributed by atoms with Crippen LogP contribution in [-0.2, 0) is 16.1 Å². The minimum Gasteiger partial charge on any atom is -0.482 e. The van der Waals surface area contributed by atoms with Crippen LogP contribution in [0.25, 0.3) is 0 Å². The van der Waals surface area contributed by atoms with Crippen molar-refractivity contribution in [3.05, 3.63) is 59.1 Å². The molecule has 0 aliphatic heterocycles. The van der Waals surface area contributed by atoms with Gasteiger partial charge in [0.1, 0.15) is 5.75 Å². The monoisotopic (exact) mass is 360 g/mol. The Morgan fingerprint density at radius 2 is 1.76 bits per heavy atom. The molecular weight excluding hydrogens is 340 g/mol. The molecule has 0 radical (unpaired) electrons. The lowest BCUT2D eigenvalue weighted by atomic mass is 10.1. The molecule has 6 heteroatoms. The summed E-state index contributed by atoms with van der Waals surface area (Å²) >= 11 is 5.96. The van der Waals surface area contributed by atoms with Crippen molar-refractivity contribution in [2.24, 2.45) is 5.92 Å². The molecule has 25 heavy (non-hydrogen) atoms. The molecule has 0 heterocycles. The van der Waals surface area contributed by atoms with Crippen LogP contribution in [0.5, 0.6) is 5.75 Å². The van der Waals surface area contributed by atoms with Crippen LogP contribution >= 0.6 is 11.6 Å². The maximum Gasteiger partial charge on any atom is 0.258 e. The number of hydrogen-bond acceptors (Lipinski definition) is 3. The summed E-state index contributed by atoms with van der Waals surface area (Å²) in [5.41, 5.74) is 1.66. The maximum absolute atomic E-state index is 11.9. The van der Waals surface area contributed by atoms with E-state index in [0.717, 1.165) is 11.3 Å². The molecule has 2 aromatic rings. The largest absolute Gasteiger partial charge is 0.482 e. The van der Waals surface area contributed by atoms with E-state index < -0.39 is 0 Å². The molecule has 2 rings (SSSR count). The van der Waals surface area contributed by atoms with Gasteiger partial charge in [0.25, 0.3) is 5.91 Å². The summed E-state index contributed by atoms with van der Waals surface area (Å²) in [5.74, 6) is 0.136. The third kappa shape index (κ3) is 6.12. The predicted octanol–water partition coefficient (Wildman–Crippen LogP) is 3.63. The highest BCUT2D eigenvalue weighted by Gasteiger charge is 2.08. The average molecular weight is 361 g/mol. The van der Waals surface area contributed by atoms with Gasteiger partial charge < -0.3 is 15.4 Å². The third-order valence-electron chi connectivity index (χ3n) is 3.43. The van der Waals surface area contributed by atoms with Crippen LogP contribution in [0.2, 0.25) is 5.02 Å². The molecule has 0 spiro atoms. The molecule has 0 fully saturated rings. The Hall–Kier alpha value is -2.53. The predicted molar refractivity (Wildman–Crippen MR) is 98.7 cm³/mol. The fourth-order valence-corrected chi connectivity index (χ4v) is 2.14. The fraction of sp³-hybridized carbons (Fsp3) is 0.263. The van der Waals surface area contributed by atoms with E-state index in [1.807, 2.05) is 38.1 Å². The topological polar surface area (TPSA) is 67.4 Å². The van der Waals surface area contributed by atoms with Gasteiger partial charge in [-0.3, -0.25) is 9.59 Å². The molecule has 0 atom stereocenters. The molecule has 2 amide bonds. The van der Waals surface area contributed by atoms with Crippen LogP contribution in [0.4, 0.5) is 5.69 Å². The number of benzene rings is 2. The number of para-hydroxylation sites is 1. The Balaban J connectivity index is 1.78. The van der Waals surface area contributed by atoms with E-state index in [2.05, 4.69) is 10.6 Å². The Kier molecular flexibility index (Phi) is 6.83. The highest BCUT2D eigenvalue weighted by Crippen LogP contribution is 2.22. The lowest BCUT2D eigenvalue weighted by molar-refractivity contribution is -0.123. The molecule has 5 nitrogen and oxygen atoms in total. The molecule has 0 aromatic heterocycles. The zero-order chi connectivity index (χ0) is 18.2. The zero-order valence-corrected chi connectivity index (χ0v) is 15.0. The summed E-state index contributed by atoms with van der Waals surface area (Å²) in [6.45, 7) is 3.95. The number of nitrogens with one attached hydrogen (secondary N) is 2. The lowest BCUT2D eigenvalue weighted by Crippen LogP contribution is -2.28. The molecule has 2 aromatic carbocycles. The van der Waals surface area contributed by atoms with Gasteiger partial charge >= 0.3 is 0 Å². The van der Waals surface area contributed by atoms with Crippen molar-refractivity contribution in [1.82, 2.24) is 5.32 Å². The number of anilines is 1. The van der Waals surface area contributed by atoms with E-state index in [0.29, 0.717) is 17.3 Å². The standard InChI is InChI=1S/C19H21ClN2O3/c1-13(2)19(24)22-15-9-7-14(8-10-15)11-21-18(23)12-25-17-6-4-3-5-16(17)20/h3-10,13H,11-12H2,1-2H3,(H,21,23)(H,22,24). The SMILES string of the molecule is CC(C)C(=O)Nc1ccc(CNC(=O)COc2ccccc2Cl)cc1. The number of rotatable bonds is 7. The van der Waals surface area contributed by atoms with Gasteiger partial charge in [-0.05, 0) is 29.8 Å². The second-order valence-electron chi connectivity index (χ2n) is 5.84. The average Bonchev–Trinajstić information content (AvgIpc) is 2.60. The summed E-state index contributed by atoms with van der Waals surface area (Å²) in [6.07, 6.45) is 0. The number of carbonyl (C=O) groups is 2. The molecule has 2 N–H and O–H groups in total. The molecular formula is C19H21ClN2O3. The van der Waals surface area contributed by atoms with Gasteiger partial charge in [-0.25, -0.2) is 0 Å². The van der Waals surface area contributed by atoms with Gasteiger partial charge in [0.2, 0.25) is 5.91 Å². The van der Waals surface area contributed by atoms with Crippen LogP contribution in [-0.4, -0.2) is 18.4 Å². The van der Waals surface area contributed by atoms with Crippen molar-refractivity contribution in [3.63, 3.8) is 0 Å². The molecule has 0 saturated heterocycles. The first kappa shape index (κ1) is 18.8. The molecule has 0 aliphatic carbocycles. The minimum atomic E-state index is -0.239. The zero-order valence-electron chi connectivity index (χ0n) is 14.2. The van der Waals surface area contributed by atoms with Crippen molar-refractivity contribution in [1.29, 1.82) is 0 Å². The number of hydrogen-bond donors (Lipinski definition) is 2. The first-order valence-electron chi connectivity index (χ1n) is 7.99. The van der Waals surface area contributed by atoms with E-state index >= 15 is 0 Å². The van der Waals surface area contributed by atoms with Crippen LogP contribution in [0.15, 0.2) is 48.5 Å². The number of ether oxygens (including phenoxy) is 1. The van der Waals surface area contributed by atoms with Gasteiger partial charge in [-0.2, -0.15) is 0 Å². The highest BCUT2D eigenvalue weighted by molar-refractivity contribution is 6.32. The molecule has 0 saturated carbocycles. The Labute approximate surface area is 152 Å². The summed E-state index contributed by atoms with van der Waals surface area (Å²) in [7, 11) is 0. The van der Waals surface area contributed by atoms with E-state index in [9.17, 15) is 9.59 Å². The van der Waals surface area contributed by atoms with Gasteiger partial charge in [0.15, 0.2) is 6.61 Å². The minimum absolute atomic E-state index is 0.0298. The highest BCUT2D eigenvalue weighted by atomic mass is 35.5. The van der Waals surface area contributed by atoms with Crippen LogP contribution < -0.4 is 15.4 Å². The first-order valence-corrected chi connectivity index (χ1v) is 8.37.